The van der Waals surface area contributed by atoms with E-state index in [9.17, 15) is 5.11 Å². The molecule has 0 aromatic heterocycles. The molecule has 0 saturated carbocycles. The van der Waals surface area contributed by atoms with Crippen molar-refractivity contribution in [2.45, 2.75) is 33.6 Å². The minimum Gasteiger partial charge on any atom is -0.507 e. The van der Waals surface area contributed by atoms with Crippen molar-refractivity contribution in [1.82, 2.24) is 0 Å². The Bertz CT molecular complexity index is 345. The smallest absolute Gasteiger partial charge is 0.122 e. The molecule has 0 radical (unpaired) electrons. The zero-order valence-corrected chi connectivity index (χ0v) is 11.1. The average Bonchev–Trinajstić information content (AvgIpc) is 2.24. The fraction of sp³-hybridized carbons (Fsp3) is 0.500. The van der Waals surface area contributed by atoms with Crippen LogP contribution in [-0.2, 0) is 6.42 Å². The minimum atomic E-state index is 0.432. The molecule has 0 bridgehead atoms. The van der Waals surface area contributed by atoms with Crippen LogP contribution in [0.2, 0.25) is 0 Å². The summed E-state index contributed by atoms with van der Waals surface area (Å²) in [6.07, 6.45) is 1.75. The summed E-state index contributed by atoms with van der Waals surface area (Å²) >= 11 is 3.56. The molecule has 3 heteroatoms. The number of aromatic hydroxyl groups is 1. The number of hydrogen-bond acceptors (Lipinski definition) is 2. The van der Waals surface area contributed by atoms with Gasteiger partial charge < -0.3 is 10.8 Å². The summed E-state index contributed by atoms with van der Waals surface area (Å²) in [6, 6.07) is 0. The van der Waals surface area contributed by atoms with Gasteiger partial charge in [0.25, 0.3) is 0 Å². The summed E-state index contributed by atoms with van der Waals surface area (Å²) in [6.45, 7) is 6.64. The maximum atomic E-state index is 10.0. The minimum absolute atomic E-state index is 0.432. The van der Waals surface area contributed by atoms with Crippen LogP contribution in [-0.4, -0.2) is 11.7 Å². The lowest BCUT2D eigenvalue weighted by atomic mass is 9.96. The molecule has 0 aliphatic heterocycles. The number of benzene rings is 1. The molecule has 0 atom stereocenters. The highest BCUT2D eigenvalue weighted by atomic mass is 79.9. The van der Waals surface area contributed by atoms with Crippen LogP contribution in [0.5, 0.6) is 5.75 Å². The van der Waals surface area contributed by atoms with Crippen molar-refractivity contribution < 1.29 is 5.11 Å². The normalized spacial score (nSPS) is 10.7. The van der Waals surface area contributed by atoms with E-state index in [1.54, 1.807) is 0 Å². The van der Waals surface area contributed by atoms with Gasteiger partial charge in [-0.1, -0.05) is 15.9 Å². The van der Waals surface area contributed by atoms with Gasteiger partial charge in [0.1, 0.15) is 5.75 Å². The van der Waals surface area contributed by atoms with E-state index in [-0.39, 0.29) is 0 Å². The summed E-state index contributed by atoms with van der Waals surface area (Å²) < 4.78 is 1.10. The number of phenolic OH excluding ortho intramolecular Hbond substituents is 1. The number of nitrogens with two attached hydrogens (primary N) is 1. The van der Waals surface area contributed by atoms with Crippen LogP contribution < -0.4 is 5.73 Å². The average molecular weight is 272 g/mol. The van der Waals surface area contributed by atoms with Crippen LogP contribution in [0, 0.1) is 20.8 Å². The second-order valence-electron chi connectivity index (χ2n) is 3.91. The van der Waals surface area contributed by atoms with E-state index in [1.165, 1.54) is 0 Å². The van der Waals surface area contributed by atoms with Crippen molar-refractivity contribution in [2.75, 3.05) is 6.54 Å². The molecule has 0 saturated heterocycles. The van der Waals surface area contributed by atoms with Crippen LogP contribution in [0.1, 0.15) is 28.7 Å². The molecule has 0 aliphatic carbocycles. The first-order valence-electron chi connectivity index (χ1n) is 5.17. The molecule has 1 aromatic rings. The van der Waals surface area contributed by atoms with Crippen molar-refractivity contribution in [2.24, 2.45) is 5.73 Å². The second-order valence-corrected chi connectivity index (χ2v) is 4.70. The van der Waals surface area contributed by atoms with E-state index >= 15 is 0 Å². The molecule has 3 N–H and O–H groups in total. The summed E-state index contributed by atoms with van der Waals surface area (Å²) in [5.41, 5.74) is 9.71. The van der Waals surface area contributed by atoms with Crippen LogP contribution in [0.4, 0.5) is 0 Å². The molecule has 0 amide bonds. The highest BCUT2D eigenvalue weighted by molar-refractivity contribution is 9.10. The monoisotopic (exact) mass is 271 g/mol. The van der Waals surface area contributed by atoms with Crippen LogP contribution in [0.25, 0.3) is 0 Å². The van der Waals surface area contributed by atoms with Crippen LogP contribution in [0.15, 0.2) is 4.47 Å². The van der Waals surface area contributed by atoms with Crippen molar-refractivity contribution in [1.29, 1.82) is 0 Å². The Hall–Kier alpha value is -0.540. The predicted octanol–water partition coefficient (Wildman–Crippen LogP) is 2.97. The molecule has 0 fully saturated rings. The van der Waals surface area contributed by atoms with Gasteiger partial charge in [-0.15, -0.1) is 0 Å². The Kier molecular flexibility index (Phi) is 4.17. The van der Waals surface area contributed by atoms with E-state index in [0.717, 1.165) is 39.6 Å². The summed E-state index contributed by atoms with van der Waals surface area (Å²) in [7, 11) is 0. The number of rotatable bonds is 3. The van der Waals surface area contributed by atoms with Gasteiger partial charge in [0, 0.05) is 4.47 Å². The zero-order valence-electron chi connectivity index (χ0n) is 9.52. The molecular weight excluding hydrogens is 254 g/mol. The van der Waals surface area contributed by atoms with E-state index in [2.05, 4.69) is 15.9 Å². The molecule has 84 valence electrons. The Balaban J connectivity index is 3.26. The van der Waals surface area contributed by atoms with Crippen LogP contribution >= 0.6 is 15.9 Å². The fourth-order valence-corrected chi connectivity index (χ4v) is 2.28. The van der Waals surface area contributed by atoms with E-state index < -0.39 is 0 Å². The van der Waals surface area contributed by atoms with Gasteiger partial charge in [0.05, 0.1) is 0 Å². The fourth-order valence-electron chi connectivity index (χ4n) is 1.74. The Labute approximate surface area is 99.6 Å². The van der Waals surface area contributed by atoms with Crippen molar-refractivity contribution >= 4 is 15.9 Å². The number of hydrogen-bond donors (Lipinski definition) is 2. The van der Waals surface area contributed by atoms with Gasteiger partial charge in [-0.3, -0.25) is 0 Å². The zero-order chi connectivity index (χ0) is 11.6. The number of phenols is 1. The highest BCUT2D eigenvalue weighted by Gasteiger charge is 2.14. The maximum Gasteiger partial charge on any atom is 0.122 e. The molecule has 0 heterocycles. The lowest BCUT2D eigenvalue weighted by molar-refractivity contribution is 0.461. The molecule has 1 aromatic carbocycles. The first kappa shape index (κ1) is 12.5. The second kappa shape index (κ2) is 4.99. The van der Waals surface area contributed by atoms with Gasteiger partial charge in [-0.05, 0) is 62.4 Å². The van der Waals surface area contributed by atoms with Gasteiger partial charge in [0.2, 0.25) is 0 Å². The standard InChI is InChI=1S/C12H18BrNO/c1-7-8(2)12(15)10(5-4-6-14)9(3)11(7)13/h15H,4-6,14H2,1-3H3. The largest absolute Gasteiger partial charge is 0.507 e. The Morgan fingerprint density at radius 1 is 1.13 bits per heavy atom. The SMILES string of the molecule is Cc1c(C)c(Br)c(C)c(CCCN)c1O. The molecule has 2 nitrogen and oxygen atoms in total. The Morgan fingerprint density at radius 3 is 2.27 bits per heavy atom. The molecule has 0 spiro atoms. The summed E-state index contributed by atoms with van der Waals surface area (Å²) in [4.78, 5) is 0. The third-order valence-electron chi connectivity index (χ3n) is 2.95. The molecule has 0 unspecified atom stereocenters. The van der Waals surface area contributed by atoms with Crippen molar-refractivity contribution in [3.8, 4) is 5.75 Å². The quantitative estimate of drug-likeness (QED) is 0.888. The molecular formula is C12H18BrNO. The van der Waals surface area contributed by atoms with Gasteiger partial charge in [0.15, 0.2) is 0 Å². The highest BCUT2D eigenvalue weighted by Crippen LogP contribution is 2.35. The summed E-state index contributed by atoms with van der Waals surface area (Å²) in [5.74, 6) is 0.432. The lowest BCUT2D eigenvalue weighted by Crippen LogP contribution is -2.03. The lowest BCUT2D eigenvalue weighted by Gasteiger charge is -2.15. The summed E-state index contributed by atoms with van der Waals surface area (Å²) in [5, 5.41) is 10.0. The Morgan fingerprint density at radius 2 is 1.73 bits per heavy atom. The van der Waals surface area contributed by atoms with Crippen molar-refractivity contribution in [3.05, 3.63) is 26.7 Å². The third kappa shape index (κ3) is 2.34. The topological polar surface area (TPSA) is 46.2 Å². The van der Waals surface area contributed by atoms with Gasteiger partial charge in [-0.25, -0.2) is 0 Å². The third-order valence-corrected chi connectivity index (χ3v) is 4.14. The first-order chi connectivity index (χ1) is 7.00. The molecule has 1 rings (SSSR count). The predicted molar refractivity (Wildman–Crippen MR) is 67.4 cm³/mol. The van der Waals surface area contributed by atoms with E-state index in [4.69, 9.17) is 5.73 Å². The maximum absolute atomic E-state index is 10.0. The van der Waals surface area contributed by atoms with Crippen molar-refractivity contribution in [3.63, 3.8) is 0 Å². The first-order valence-corrected chi connectivity index (χ1v) is 5.97. The van der Waals surface area contributed by atoms with Gasteiger partial charge >= 0.3 is 0 Å². The number of halogens is 1. The molecule has 15 heavy (non-hydrogen) atoms. The van der Waals surface area contributed by atoms with Gasteiger partial charge in [-0.2, -0.15) is 0 Å². The van der Waals surface area contributed by atoms with Crippen LogP contribution in [0.3, 0.4) is 0 Å². The molecule has 0 aliphatic rings. The van der Waals surface area contributed by atoms with E-state index in [0.29, 0.717) is 12.3 Å². The van der Waals surface area contributed by atoms with E-state index in [1.807, 2.05) is 20.8 Å².